The molecule has 3 rings (SSSR count). The lowest BCUT2D eigenvalue weighted by Gasteiger charge is -2.39. The van der Waals surface area contributed by atoms with Crippen molar-refractivity contribution >= 4 is 23.2 Å². The van der Waals surface area contributed by atoms with Gasteiger partial charge in [-0.05, 0) is 49.4 Å². The summed E-state index contributed by atoms with van der Waals surface area (Å²) < 4.78 is 5.29. The molecule has 0 atom stereocenters. The number of methoxy groups -OCH3 is 1. The summed E-state index contributed by atoms with van der Waals surface area (Å²) >= 11 is 6.01. The van der Waals surface area contributed by atoms with E-state index in [0.717, 1.165) is 44.7 Å². The van der Waals surface area contributed by atoms with Crippen LogP contribution in [0.15, 0.2) is 18.2 Å². The molecule has 2 saturated heterocycles. The molecule has 0 aromatic heterocycles. The quantitative estimate of drug-likeness (QED) is 0.885. The van der Waals surface area contributed by atoms with Gasteiger partial charge in [-0.2, -0.15) is 0 Å². The van der Waals surface area contributed by atoms with Gasteiger partial charge in [-0.25, -0.2) is 0 Å². The molecule has 0 aliphatic carbocycles. The Labute approximate surface area is 142 Å². The number of benzene rings is 1. The molecule has 6 heteroatoms. The molecule has 2 aliphatic heterocycles. The molecule has 1 amide bonds. The Bertz CT molecular complexity index is 563. The summed E-state index contributed by atoms with van der Waals surface area (Å²) in [6, 6.07) is 5.35. The van der Waals surface area contributed by atoms with Gasteiger partial charge in [0.1, 0.15) is 5.75 Å². The first-order valence-electron chi connectivity index (χ1n) is 8.18. The molecule has 2 heterocycles. The summed E-state index contributed by atoms with van der Waals surface area (Å²) in [5.41, 5.74) is 1.18. The predicted octanol–water partition coefficient (Wildman–Crippen LogP) is 2.36. The number of nitrogens with one attached hydrogen (secondary N) is 2. The zero-order chi connectivity index (χ0) is 16.3. The molecule has 1 spiro atoms. The number of hydrogen-bond acceptors (Lipinski definition) is 4. The number of hydrogen-bond donors (Lipinski definition) is 2. The highest BCUT2D eigenvalue weighted by Crippen LogP contribution is 2.37. The standard InChI is InChI=1S/C17H24ClN3O2/c1-23-15-3-2-13(18)10-14(15)20-11-16(22)21-8-5-17(6-9-21)4-7-19-12-17/h2-3,10,19-20H,4-9,11-12H2,1H3. The lowest BCUT2D eigenvalue weighted by molar-refractivity contribution is -0.131. The van der Waals surface area contributed by atoms with Crippen molar-refractivity contribution in [3.63, 3.8) is 0 Å². The molecular weight excluding hydrogens is 314 g/mol. The molecule has 1 aromatic carbocycles. The zero-order valence-electron chi connectivity index (χ0n) is 13.5. The van der Waals surface area contributed by atoms with Crippen LogP contribution in [0.1, 0.15) is 19.3 Å². The molecule has 23 heavy (non-hydrogen) atoms. The van der Waals surface area contributed by atoms with Gasteiger partial charge in [-0.1, -0.05) is 11.6 Å². The van der Waals surface area contributed by atoms with E-state index in [1.807, 2.05) is 4.90 Å². The predicted molar refractivity (Wildman–Crippen MR) is 92.2 cm³/mol. The van der Waals surface area contributed by atoms with Gasteiger partial charge in [0, 0.05) is 24.7 Å². The van der Waals surface area contributed by atoms with Crippen molar-refractivity contribution in [3.8, 4) is 5.75 Å². The number of nitrogens with zero attached hydrogens (tertiary/aromatic N) is 1. The van der Waals surface area contributed by atoms with E-state index in [1.54, 1.807) is 25.3 Å². The van der Waals surface area contributed by atoms with Crippen LogP contribution in [0, 0.1) is 5.41 Å². The zero-order valence-corrected chi connectivity index (χ0v) is 14.3. The minimum atomic E-state index is 0.132. The minimum Gasteiger partial charge on any atom is -0.495 e. The van der Waals surface area contributed by atoms with Crippen molar-refractivity contribution in [1.82, 2.24) is 10.2 Å². The van der Waals surface area contributed by atoms with Gasteiger partial charge in [-0.15, -0.1) is 0 Å². The van der Waals surface area contributed by atoms with Crippen LogP contribution >= 0.6 is 11.6 Å². The number of halogens is 1. The Morgan fingerprint density at radius 3 is 2.83 bits per heavy atom. The smallest absolute Gasteiger partial charge is 0.241 e. The fraction of sp³-hybridized carbons (Fsp3) is 0.588. The van der Waals surface area contributed by atoms with E-state index in [-0.39, 0.29) is 12.5 Å². The number of ether oxygens (including phenoxy) is 1. The maximum atomic E-state index is 12.4. The van der Waals surface area contributed by atoms with Gasteiger partial charge in [0.2, 0.25) is 5.91 Å². The molecule has 126 valence electrons. The normalized spacial score (nSPS) is 19.8. The molecular formula is C17H24ClN3O2. The fourth-order valence-corrected chi connectivity index (χ4v) is 3.73. The summed E-state index contributed by atoms with van der Waals surface area (Å²) in [6.45, 7) is 4.20. The van der Waals surface area contributed by atoms with E-state index in [2.05, 4.69) is 10.6 Å². The van der Waals surface area contributed by atoms with Gasteiger partial charge in [0.05, 0.1) is 19.3 Å². The topological polar surface area (TPSA) is 53.6 Å². The van der Waals surface area contributed by atoms with Crippen LogP contribution in [0.2, 0.25) is 5.02 Å². The lowest BCUT2D eigenvalue weighted by atomic mass is 9.78. The molecule has 0 unspecified atom stereocenters. The number of anilines is 1. The maximum Gasteiger partial charge on any atom is 0.241 e. The second kappa shape index (κ2) is 6.97. The summed E-state index contributed by atoms with van der Waals surface area (Å²) in [4.78, 5) is 14.4. The van der Waals surface area contributed by atoms with Crippen LogP contribution in [0.5, 0.6) is 5.75 Å². The number of likely N-dealkylation sites (tertiary alicyclic amines) is 1. The van der Waals surface area contributed by atoms with Gasteiger partial charge in [0.25, 0.3) is 0 Å². The molecule has 2 aliphatic rings. The molecule has 2 fully saturated rings. The summed E-state index contributed by atoms with van der Waals surface area (Å²) in [6.07, 6.45) is 3.45. The second-order valence-electron chi connectivity index (χ2n) is 6.51. The average molecular weight is 338 g/mol. The van der Waals surface area contributed by atoms with Crippen molar-refractivity contribution in [2.45, 2.75) is 19.3 Å². The summed E-state index contributed by atoms with van der Waals surface area (Å²) in [5, 5.41) is 7.22. The number of carbonyl (C=O) groups is 1. The third-order valence-corrected chi connectivity index (χ3v) is 5.34. The van der Waals surface area contributed by atoms with Crippen LogP contribution in [0.25, 0.3) is 0 Å². The van der Waals surface area contributed by atoms with Gasteiger partial charge < -0.3 is 20.3 Å². The van der Waals surface area contributed by atoms with E-state index in [4.69, 9.17) is 16.3 Å². The van der Waals surface area contributed by atoms with Crippen molar-refractivity contribution < 1.29 is 9.53 Å². The highest BCUT2D eigenvalue weighted by Gasteiger charge is 2.37. The van der Waals surface area contributed by atoms with Crippen molar-refractivity contribution in [1.29, 1.82) is 0 Å². The Morgan fingerprint density at radius 1 is 1.39 bits per heavy atom. The van der Waals surface area contributed by atoms with Gasteiger partial charge >= 0.3 is 0 Å². The number of piperidine rings is 1. The Morgan fingerprint density at radius 2 is 2.17 bits per heavy atom. The van der Waals surface area contributed by atoms with Gasteiger partial charge in [-0.3, -0.25) is 4.79 Å². The molecule has 0 radical (unpaired) electrons. The second-order valence-corrected chi connectivity index (χ2v) is 6.94. The van der Waals surface area contributed by atoms with E-state index in [0.29, 0.717) is 16.2 Å². The van der Waals surface area contributed by atoms with Crippen LogP contribution in [0.3, 0.4) is 0 Å². The molecule has 0 bridgehead atoms. The molecule has 2 N–H and O–H groups in total. The molecule has 1 aromatic rings. The third kappa shape index (κ3) is 3.72. The van der Waals surface area contributed by atoms with Crippen molar-refractivity contribution in [2.24, 2.45) is 5.41 Å². The summed E-state index contributed by atoms with van der Waals surface area (Å²) in [5.74, 6) is 0.824. The Kier molecular flexibility index (Phi) is 4.97. The first-order valence-corrected chi connectivity index (χ1v) is 8.56. The first-order chi connectivity index (χ1) is 11.1. The maximum absolute atomic E-state index is 12.4. The Balaban J connectivity index is 1.53. The van der Waals surface area contributed by atoms with Crippen LogP contribution in [0.4, 0.5) is 5.69 Å². The minimum absolute atomic E-state index is 0.132. The number of amides is 1. The largest absolute Gasteiger partial charge is 0.495 e. The Hall–Kier alpha value is -1.46. The highest BCUT2D eigenvalue weighted by molar-refractivity contribution is 6.30. The highest BCUT2D eigenvalue weighted by atomic mass is 35.5. The van der Waals surface area contributed by atoms with Crippen LogP contribution in [-0.4, -0.2) is 50.6 Å². The van der Waals surface area contributed by atoms with E-state index in [1.165, 1.54) is 6.42 Å². The van der Waals surface area contributed by atoms with E-state index in [9.17, 15) is 4.79 Å². The van der Waals surface area contributed by atoms with E-state index >= 15 is 0 Å². The first kappa shape index (κ1) is 16.4. The molecule has 0 saturated carbocycles. The number of carbonyl (C=O) groups excluding carboxylic acids is 1. The van der Waals surface area contributed by atoms with Crippen molar-refractivity contribution in [2.75, 3.05) is 45.2 Å². The van der Waals surface area contributed by atoms with Crippen LogP contribution in [-0.2, 0) is 4.79 Å². The van der Waals surface area contributed by atoms with E-state index < -0.39 is 0 Å². The van der Waals surface area contributed by atoms with Crippen molar-refractivity contribution in [3.05, 3.63) is 23.2 Å². The third-order valence-electron chi connectivity index (χ3n) is 5.10. The SMILES string of the molecule is COc1ccc(Cl)cc1NCC(=O)N1CCC2(CCNC2)CC1. The summed E-state index contributed by atoms with van der Waals surface area (Å²) in [7, 11) is 1.61. The number of rotatable bonds is 4. The fourth-order valence-electron chi connectivity index (χ4n) is 3.55. The monoisotopic (exact) mass is 337 g/mol. The average Bonchev–Trinajstić information content (AvgIpc) is 3.01. The lowest BCUT2D eigenvalue weighted by Crippen LogP contribution is -2.45. The molecule has 5 nitrogen and oxygen atoms in total. The van der Waals surface area contributed by atoms with Gasteiger partial charge in [0.15, 0.2) is 0 Å². The van der Waals surface area contributed by atoms with Crippen LogP contribution < -0.4 is 15.4 Å².